The lowest BCUT2D eigenvalue weighted by atomic mass is 9.95. The minimum absolute atomic E-state index is 0.197. The molecule has 0 spiro atoms. The van der Waals surface area contributed by atoms with Gasteiger partial charge in [-0.15, -0.1) is 0 Å². The topological polar surface area (TPSA) is 41.1 Å². The SMILES string of the molecule is Cc1cccc(F)c1NC(=O)[C@@H]1Cc2ccccc2CN1. The van der Waals surface area contributed by atoms with Gasteiger partial charge in [0.15, 0.2) is 0 Å². The van der Waals surface area contributed by atoms with E-state index in [1.54, 1.807) is 19.1 Å². The number of para-hydroxylation sites is 1. The number of halogens is 1. The van der Waals surface area contributed by atoms with E-state index in [4.69, 9.17) is 0 Å². The maximum absolute atomic E-state index is 13.8. The largest absolute Gasteiger partial charge is 0.322 e. The highest BCUT2D eigenvalue weighted by Crippen LogP contribution is 2.21. The van der Waals surface area contributed by atoms with Gasteiger partial charge < -0.3 is 10.6 Å². The van der Waals surface area contributed by atoms with E-state index in [0.29, 0.717) is 13.0 Å². The molecule has 0 aromatic heterocycles. The van der Waals surface area contributed by atoms with Gasteiger partial charge in [0.1, 0.15) is 5.82 Å². The maximum Gasteiger partial charge on any atom is 0.241 e. The quantitative estimate of drug-likeness (QED) is 0.890. The summed E-state index contributed by atoms with van der Waals surface area (Å²) < 4.78 is 13.8. The van der Waals surface area contributed by atoms with Crippen molar-refractivity contribution in [1.82, 2.24) is 5.32 Å². The van der Waals surface area contributed by atoms with Gasteiger partial charge in [-0.05, 0) is 36.1 Å². The Morgan fingerprint density at radius 1 is 1.19 bits per heavy atom. The van der Waals surface area contributed by atoms with Gasteiger partial charge in [0.2, 0.25) is 5.91 Å². The number of amides is 1. The molecule has 3 rings (SSSR count). The standard InChI is InChI=1S/C17H17FN2O/c1-11-5-4-8-14(18)16(11)20-17(21)15-9-12-6-2-3-7-13(12)10-19-15/h2-8,15,19H,9-10H2,1H3,(H,20,21)/t15-/m0/s1. The smallest absolute Gasteiger partial charge is 0.241 e. The minimum Gasteiger partial charge on any atom is -0.322 e. The van der Waals surface area contributed by atoms with Crippen LogP contribution in [0.5, 0.6) is 0 Å². The van der Waals surface area contributed by atoms with Crippen LogP contribution in [0.4, 0.5) is 10.1 Å². The van der Waals surface area contributed by atoms with Crippen LogP contribution in [0.3, 0.4) is 0 Å². The van der Waals surface area contributed by atoms with E-state index in [9.17, 15) is 9.18 Å². The average Bonchev–Trinajstić information content (AvgIpc) is 2.50. The van der Waals surface area contributed by atoms with Crippen molar-refractivity contribution < 1.29 is 9.18 Å². The van der Waals surface area contributed by atoms with Gasteiger partial charge in [-0.2, -0.15) is 0 Å². The fourth-order valence-corrected chi connectivity index (χ4v) is 2.64. The van der Waals surface area contributed by atoms with Crippen LogP contribution in [-0.4, -0.2) is 11.9 Å². The summed E-state index contributed by atoms with van der Waals surface area (Å²) in [7, 11) is 0. The van der Waals surface area contributed by atoms with Crippen LogP contribution < -0.4 is 10.6 Å². The monoisotopic (exact) mass is 284 g/mol. The number of carbonyl (C=O) groups is 1. The maximum atomic E-state index is 13.8. The highest BCUT2D eigenvalue weighted by atomic mass is 19.1. The first-order valence-corrected chi connectivity index (χ1v) is 7.01. The third kappa shape index (κ3) is 2.81. The third-order valence-corrected chi connectivity index (χ3v) is 3.87. The molecule has 2 aromatic carbocycles. The molecule has 0 radical (unpaired) electrons. The first-order valence-electron chi connectivity index (χ1n) is 7.01. The molecule has 21 heavy (non-hydrogen) atoms. The molecule has 0 saturated heterocycles. The Bertz CT molecular complexity index is 664. The Kier molecular flexibility index (Phi) is 3.71. The van der Waals surface area contributed by atoms with E-state index in [-0.39, 0.29) is 17.6 Å². The van der Waals surface area contributed by atoms with Crippen LogP contribution in [0.25, 0.3) is 0 Å². The normalized spacial score (nSPS) is 17.1. The van der Waals surface area contributed by atoms with Crippen LogP contribution >= 0.6 is 0 Å². The second-order valence-electron chi connectivity index (χ2n) is 5.33. The van der Waals surface area contributed by atoms with Gasteiger partial charge >= 0.3 is 0 Å². The second kappa shape index (κ2) is 5.66. The molecule has 4 heteroatoms. The molecule has 0 fully saturated rings. The Morgan fingerprint density at radius 3 is 2.71 bits per heavy atom. The minimum atomic E-state index is -0.403. The van der Waals surface area contributed by atoms with Crippen molar-refractivity contribution in [3.63, 3.8) is 0 Å². The van der Waals surface area contributed by atoms with E-state index < -0.39 is 5.82 Å². The fourth-order valence-electron chi connectivity index (χ4n) is 2.64. The van der Waals surface area contributed by atoms with E-state index in [0.717, 1.165) is 5.56 Å². The lowest BCUT2D eigenvalue weighted by Gasteiger charge is -2.25. The number of carbonyl (C=O) groups excluding carboxylic acids is 1. The highest BCUT2D eigenvalue weighted by Gasteiger charge is 2.24. The summed E-state index contributed by atoms with van der Waals surface area (Å²) in [6.07, 6.45) is 0.621. The van der Waals surface area contributed by atoms with Crippen molar-refractivity contribution in [2.75, 3.05) is 5.32 Å². The molecule has 108 valence electrons. The predicted molar refractivity (Wildman–Crippen MR) is 80.5 cm³/mol. The second-order valence-corrected chi connectivity index (χ2v) is 5.33. The predicted octanol–water partition coefficient (Wildman–Crippen LogP) is 2.79. The number of rotatable bonds is 2. The zero-order valence-electron chi connectivity index (χ0n) is 11.8. The van der Waals surface area contributed by atoms with Crippen LogP contribution in [0.15, 0.2) is 42.5 Å². The summed E-state index contributed by atoms with van der Waals surface area (Å²) in [5, 5.41) is 5.90. The molecule has 1 aliphatic heterocycles. The summed E-state index contributed by atoms with van der Waals surface area (Å²) in [4.78, 5) is 12.3. The van der Waals surface area contributed by atoms with Crippen molar-refractivity contribution in [3.05, 3.63) is 65.0 Å². The molecule has 0 unspecified atom stereocenters. The van der Waals surface area contributed by atoms with Gasteiger partial charge in [-0.3, -0.25) is 4.79 Å². The van der Waals surface area contributed by atoms with Gasteiger partial charge in [0, 0.05) is 6.54 Å². The Morgan fingerprint density at radius 2 is 1.95 bits per heavy atom. The van der Waals surface area contributed by atoms with Gasteiger partial charge in [-0.25, -0.2) is 4.39 Å². The molecule has 1 aliphatic rings. The van der Waals surface area contributed by atoms with Gasteiger partial charge in [0.25, 0.3) is 0 Å². The molecular weight excluding hydrogens is 267 g/mol. The molecule has 1 atom stereocenters. The van der Waals surface area contributed by atoms with Crippen molar-refractivity contribution in [1.29, 1.82) is 0 Å². The molecule has 2 N–H and O–H groups in total. The molecule has 2 aromatic rings. The Labute approximate surface area is 123 Å². The Balaban J connectivity index is 1.76. The first-order chi connectivity index (χ1) is 10.1. The fraction of sp³-hybridized carbons (Fsp3) is 0.235. The van der Waals surface area contributed by atoms with E-state index >= 15 is 0 Å². The lowest BCUT2D eigenvalue weighted by molar-refractivity contribution is -0.118. The van der Waals surface area contributed by atoms with Crippen molar-refractivity contribution in [2.24, 2.45) is 0 Å². The number of aryl methyl sites for hydroxylation is 1. The van der Waals surface area contributed by atoms with E-state index in [1.165, 1.54) is 17.2 Å². The summed E-state index contributed by atoms with van der Waals surface area (Å²) in [5.74, 6) is -0.600. The third-order valence-electron chi connectivity index (χ3n) is 3.87. The van der Waals surface area contributed by atoms with Crippen LogP contribution in [0.2, 0.25) is 0 Å². The first kappa shape index (κ1) is 13.8. The summed E-state index contributed by atoms with van der Waals surface area (Å²) in [6.45, 7) is 2.44. The lowest BCUT2D eigenvalue weighted by Crippen LogP contribution is -2.44. The zero-order chi connectivity index (χ0) is 14.8. The zero-order valence-corrected chi connectivity index (χ0v) is 11.8. The number of hydrogen-bond donors (Lipinski definition) is 2. The number of benzene rings is 2. The molecule has 0 bridgehead atoms. The molecule has 0 aliphatic carbocycles. The van der Waals surface area contributed by atoms with E-state index in [2.05, 4.69) is 16.7 Å². The van der Waals surface area contributed by atoms with Crippen LogP contribution in [0.1, 0.15) is 16.7 Å². The highest BCUT2D eigenvalue weighted by molar-refractivity contribution is 5.96. The Hall–Kier alpha value is -2.20. The summed E-state index contributed by atoms with van der Waals surface area (Å²) in [6, 6.07) is 12.5. The molecule has 3 nitrogen and oxygen atoms in total. The van der Waals surface area contributed by atoms with Crippen LogP contribution in [0, 0.1) is 12.7 Å². The van der Waals surface area contributed by atoms with Crippen molar-refractivity contribution in [2.45, 2.75) is 25.9 Å². The number of anilines is 1. The van der Waals surface area contributed by atoms with Crippen LogP contribution in [-0.2, 0) is 17.8 Å². The average molecular weight is 284 g/mol. The molecular formula is C17H17FN2O. The van der Waals surface area contributed by atoms with Crippen molar-refractivity contribution in [3.8, 4) is 0 Å². The molecule has 1 heterocycles. The molecule has 0 saturated carbocycles. The summed E-state index contributed by atoms with van der Waals surface area (Å²) in [5.41, 5.74) is 3.37. The van der Waals surface area contributed by atoms with Crippen molar-refractivity contribution >= 4 is 11.6 Å². The van der Waals surface area contributed by atoms with Gasteiger partial charge in [-0.1, -0.05) is 36.4 Å². The number of hydrogen-bond acceptors (Lipinski definition) is 2. The van der Waals surface area contributed by atoms with E-state index in [1.807, 2.05) is 18.2 Å². The number of fused-ring (bicyclic) bond motifs is 1. The van der Waals surface area contributed by atoms with Gasteiger partial charge in [0.05, 0.1) is 11.7 Å². The summed E-state index contributed by atoms with van der Waals surface area (Å²) >= 11 is 0. The number of nitrogens with one attached hydrogen (secondary N) is 2. The molecule has 1 amide bonds.